The fraction of sp³-hybridized carbons (Fsp3) is 0.312. The molecule has 0 atom stereocenters. The van der Waals surface area contributed by atoms with Crippen molar-refractivity contribution in [2.75, 3.05) is 27.0 Å². The number of nitrogens with zero attached hydrogens (tertiary/aromatic N) is 2. The molecule has 1 heterocycles. The standard InChI is InChI=1S/C16H20N2O6S2/c1-23-15-8-7-14(12-16(15)24-2)26(21,22)18(25(3,19)20)11-9-13-6-4-5-10-17-13/h4-8,10,12H,9,11H2,1-3H3. The molecule has 2 aromatic rings. The van der Waals surface area contributed by atoms with Gasteiger partial charge >= 0.3 is 0 Å². The van der Waals surface area contributed by atoms with E-state index in [1.807, 2.05) is 0 Å². The van der Waals surface area contributed by atoms with E-state index in [2.05, 4.69) is 4.98 Å². The minimum Gasteiger partial charge on any atom is -0.493 e. The quantitative estimate of drug-likeness (QED) is 0.658. The molecule has 0 aliphatic rings. The summed E-state index contributed by atoms with van der Waals surface area (Å²) in [6.07, 6.45) is 2.56. The van der Waals surface area contributed by atoms with Crippen LogP contribution in [0.2, 0.25) is 0 Å². The lowest BCUT2D eigenvalue weighted by molar-refractivity contribution is 0.353. The second kappa shape index (κ2) is 8.02. The Morgan fingerprint density at radius 3 is 2.23 bits per heavy atom. The van der Waals surface area contributed by atoms with Gasteiger partial charge in [0.1, 0.15) is 0 Å². The van der Waals surface area contributed by atoms with E-state index in [1.54, 1.807) is 24.4 Å². The van der Waals surface area contributed by atoms with Crippen molar-refractivity contribution < 1.29 is 26.3 Å². The van der Waals surface area contributed by atoms with Gasteiger partial charge in [0.05, 0.1) is 25.4 Å². The Balaban J connectivity index is 2.40. The van der Waals surface area contributed by atoms with Crippen LogP contribution in [-0.4, -0.2) is 52.6 Å². The molecule has 2 rings (SSSR count). The van der Waals surface area contributed by atoms with Gasteiger partial charge in [0.25, 0.3) is 10.0 Å². The SMILES string of the molecule is COc1ccc(S(=O)(=O)N(CCc2ccccn2)S(C)(=O)=O)cc1OC. The fourth-order valence-corrected chi connectivity index (χ4v) is 5.48. The van der Waals surface area contributed by atoms with E-state index in [4.69, 9.17) is 9.47 Å². The normalized spacial score (nSPS) is 12.2. The van der Waals surface area contributed by atoms with Gasteiger partial charge in [0, 0.05) is 30.9 Å². The first-order valence-corrected chi connectivity index (χ1v) is 10.8. The Bertz CT molecular complexity index is 959. The molecule has 0 fully saturated rings. The minimum atomic E-state index is -4.30. The molecule has 0 radical (unpaired) electrons. The number of rotatable bonds is 8. The van der Waals surface area contributed by atoms with Crippen molar-refractivity contribution >= 4 is 20.0 Å². The average Bonchev–Trinajstić information content (AvgIpc) is 2.60. The summed E-state index contributed by atoms with van der Waals surface area (Å²) in [7, 11) is -5.55. The van der Waals surface area contributed by atoms with Crippen molar-refractivity contribution in [3.63, 3.8) is 0 Å². The highest BCUT2D eigenvalue weighted by atomic mass is 32.3. The summed E-state index contributed by atoms with van der Waals surface area (Å²) in [5.41, 5.74) is 0.587. The first-order chi connectivity index (χ1) is 12.2. The van der Waals surface area contributed by atoms with Crippen LogP contribution in [0, 0.1) is 0 Å². The maximum absolute atomic E-state index is 12.9. The third-order valence-corrected chi connectivity index (χ3v) is 7.46. The van der Waals surface area contributed by atoms with Gasteiger partial charge in [-0.15, -0.1) is 0 Å². The monoisotopic (exact) mass is 400 g/mol. The highest BCUT2D eigenvalue weighted by molar-refractivity contribution is 8.03. The number of methoxy groups -OCH3 is 2. The van der Waals surface area contributed by atoms with Crippen LogP contribution in [0.3, 0.4) is 0 Å². The molecule has 26 heavy (non-hydrogen) atoms. The smallest absolute Gasteiger partial charge is 0.256 e. The fourth-order valence-electron chi connectivity index (χ4n) is 2.31. The van der Waals surface area contributed by atoms with Gasteiger partial charge in [-0.25, -0.2) is 16.8 Å². The lowest BCUT2D eigenvalue weighted by Gasteiger charge is -2.20. The maximum atomic E-state index is 12.9. The largest absolute Gasteiger partial charge is 0.493 e. The lowest BCUT2D eigenvalue weighted by atomic mass is 10.3. The predicted octanol–water partition coefficient (Wildman–Crippen LogP) is 1.29. The van der Waals surface area contributed by atoms with Crippen LogP contribution in [0.5, 0.6) is 11.5 Å². The summed E-state index contributed by atoms with van der Waals surface area (Å²) in [5, 5.41) is 0. The van der Waals surface area contributed by atoms with Crippen molar-refractivity contribution in [2.24, 2.45) is 0 Å². The molecule has 0 saturated heterocycles. The van der Waals surface area contributed by atoms with Gasteiger partial charge in [-0.05, 0) is 24.3 Å². The van der Waals surface area contributed by atoms with Gasteiger partial charge in [-0.1, -0.05) is 9.78 Å². The van der Waals surface area contributed by atoms with E-state index in [9.17, 15) is 16.8 Å². The van der Waals surface area contributed by atoms with Crippen molar-refractivity contribution in [3.8, 4) is 11.5 Å². The van der Waals surface area contributed by atoms with E-state index < -0.39 is 20.0 Å². The molecule has 1 aromatic carbocycles. The molecule has 0 bridgehead atoms. The minimum absolute atomic E-state index is 0.153. The van der Waals surface area contributed by atoms with Crippen LogP contribution in [0.4, 0.5) is 0 Å². The molecular weight excluding hydrogens is 380 g/mol. The molecule has 10 heteroatoms. The maximum Gasteiger partial charge on any atom is 0.256 e. The molecule has 0 aliphatic carbocycles. The molecule has 0 saturated carbocycles. The van der Waals surface area contributed by atoms with Gasteiger partial charge in [0.2, 0.25) is 10.0 Å². The van der Waals surface area contributed by atoms with Crippen molar-refractivity contribution in [1.82, 2.24) is 8.69 Å². The van der Waals surface area contributed by atoms with Crippen LogP contribution in [0.1, 0.15) is 5.69 Å². The molecule has 142 valence electrons. The number of hydrogen-bond donors (Lipinski definition) is 0. The third kappa shape index (κ3) is 4.51. The number of sulfonamides is 2. The number of pyridine rings is 1. The Kier molecular flexibility index (Phi) is 6.21. The van der Waals surface area contributed by atoms with E-state index in [0.29, 0.717) is 15.2 Å². The molecule has 0 amide bonds. The van der Waals surface area contributed by atoms with Gasteiger partial charge in [0.15, 0.2) is 11.5 Å². The van der Waals surface area contributed by atoms with E-state index in [0.717, 1.165) is 6.26 Å². The Morgan fingerprint density at radius 1 is 1.00 bits per heavy atom. The van der Waals surface area contributed by atoms with Crippen LogP contribution in [0.15, 0.2) is 47.5 Å². The van der Waals surface area contributed by atoms with Crippen molar-refractivity contribution in [2.45, 2.75) is 11.3 Å². The Morgan fingerprint density at radius 2 is 1.69 bits per heavy atom. The first-order valence-electron chi connectivity index (χ1n) is 7.55. The van der Waals surface area contributed by atoms with Crippen LogP contribution < -0.4 is 9.47 Å². The summed E-state index contributed by atoms with van der Waals surface area (Å²) in [6.45, 7) is -0.257. The van der Waals surface area contributed by atoms with Crippen LogP contribution in [0.25, 0.3) is 0 Å². The Hall–Kier alpha value is -2.17. The van der Waals surface area contributed by atoms with Crippen molar-refractivity contribution in [3.05, 3.63) is 48.3 Å². The number of aromatic nitrogens is 1. The molecule has 8 nitrogen and oxygen atoms in total. The Labute approximate surface area is 153 Å². The molecule has 0 spiro atoms. The van der Waals surface area contributed by atoms with Gasteiger partial charge in [-0.2, -0.15) is 0 Å². The van der Waals surface area contributed by atoms with E-state index >= 15 is 0 Å². The van der Waals surface area contributed by atoms with Crippen LogP contribution >= 0.6 is 0 Å². The number of hydrogen-bond acceptors (Lipinski definition) is 7. The van der Waals surface area contributed by atoms with Crippen LogP contribution in [-0.2, 0) is 26.5 Å². The second-order valence-electron chi connectivity index (χ2n) is 5.35. The zero-order valence-corrected chi connectivity index (χ0v) is 16.2. The van der Waals surface area contributed by atoms with E-state index in [-0.39, 0.29) is 23.6 Å². The third-order valence-electron chi connectivity index (χ3n) is 3.57. The molecular formula is C16H20N2O6S2. The lowest BCUT2D eigenvalue weighted by Crippen LogP contribution is -2.37. The van der Waals surface area contributed by atoms with E-state index in [1.165, 1.54) is 32.4 Å². The molecule has 1 aromatic heterocycles. The van der Waals surface area contributed by atoms with Gasteiger partial charge < -0.3 is 9.47 Å². The zero-order chi connectivity index (χ0) is 19.4. The topological polar surface area (TPSA) is 103 Å². The average molecular weight is 400 g/mol. The number of benzene rings is 1. The highest BCUT2D eigenvalue weighted by Crippen LogP contribution is 2.31. The summed E-state index contributed by atoms with van der Waals surface area (Å²) in [6, 6.07) is 9.07. The predicted molar refractivity (Wildman–Crippen MR) is 96.2 cm³/mol. The first kappa shape index (κ1) is 20.1. The molecule has 0 unspecified atom stereocenters. The second-order valence-corrected chi connectivity index (χ2v) is 9.35. The highest BCUT2D eigenvalue weighted by Gasteiger charge is 2.33. The summed E-state index contributed by atoms with van der Waals surface area (Å²) < 4.78 is 60.7. The summed E-state index contributed by atoms with van der Waals surface area (Å²) in [4.78, 5) is 3.88. The van der Waals surface area contributed by atoms with Gasteiger partial charge in [-0.3, -0.25) is 4.98 Å². The summed E-state index contributed by atoms with van der Waals surface area (Å²) in [5.74, 6) is 0.526. The van der Waals surface area contributed by atoms with Crippen molar-refractivity contribution in [1.29, 1.82) is 0 Å². The zero-order valence-electron chi connectivity index (χ0n) is 14.6. The molecule has 0 aliphatic heterocycles. The summed E-state index contributed by atoms with van der Waals surface area (Å²) >= 11 is 0. The number of ether oxygens (including phenoxy) is 2. The molecule has 0 N–H and O–H groups in total.